The third kappa shape index (κ3) is 4.94. The molecule has 0 aromatic carbocycles. The number of rotatable bonds is 7. The molecular weight excluding hydrogens is 223 g/mol. The maximum Gasteiger partial charge on any atom is 0.141 e. The van der Waals surface area contributed by atoms with Gasteiger partial charge in [-0.2, -0.15) is 11.8 Å². The summed E-state index contributed by atoms with van der Waals surface area (Å²) >= 11 is 1.88. The molecule has 1 atom stereocenters. The molecule has 1 aromatic heterocycles. The van der Waals surface area contributed by atoms with E-state index in [4.69, 9.17) is 0 Å². The number of unbranched alkanes of at least 4 members (excludes halogenated alkanes) is 1. The molecule has 1 N–H and O–H groups in total. The maximum absolute atomic E-state index is 12.7. The third-order valence-electron chi connectivity index (χ3n) is 2.42. The number of pyridine rings is 1. The number of aromatic nitrogens is 1. The van der Waals surface area contributed by atoms with Crippen LogP contribution in [0, 0.1) is 5.82 Å². The van der Waals surface area contributed by atoms with E-state index in [1.54, 1.807) is 6.07 Å². The Bertz CT molecular complexity index is 290. The van der Waals surface area contributed by atoms with Crippen LogP contribution in [0.2, 0.25) is 0 Å². The summed E-state index contributed by atoms with van der Waals surface area (Å²) in [7, 11) is 0. The van der Waals surface area contributed by atoms with Gasteiger partial charge in [-0.1, -0.05) is 0 Å². The number of thioether (sulfide) groups is 1. The molecule has 1 unspecified atom stereocenters. The zero-order chi connectivity index (χ0) is 11.8. The van der Waals surface area contributed by atoms with E-state index in [0.29, 0.717) is 0 Å². The number of hydrogen-bond acceptors (Lipinski definition) is 3. The van der Waals surface area contributed by atoms with E-state index in [1.807, 2.05) is 11.8 Å². The number of hydrogen-bond donors (Lipinski definition) is 1. The smallest absolute Gasteiger partial charge is 0.141 e. The average molecular weight is 242 g/mol. The van der Waals surface area contributed by atoms with Crippen molar-refractivity contribution in [1.29, 1.82) is 0 Å². The quantitative estimate of drug-likeness (QED) is 0.744. The lowest BCUT2D eigenvalue weighted by Crippen LogP contribution is -2.20. The zero-order valence-corrected chi connectivity index (χ0v) is 10.7. The SMILES string of the molecule is CSCCCCNC(C)c1ccc(F)cn1. The Kier molecular flexibility index (Phi) is 6.42. The van der Waals surface area contributed by atoms with Crippen LogP contribution in [0.15, 0.2) is 18.3 Å². The van der Waals surface area contributed by atoms with Crippen molar-refractivity contribution in [2.45, 2.75) is 25.8 Å². The van der Waals surface area contributed by atoms with E-state index in [9.17, 15) is 4.39 Å². The van der Waals surface area contributed by atoms with Crippen molar-refractivity contribution in [2.24, 2.45) is 0 Å². The van der Waals surface area contributed by atoms with Gasteiger partial charge in [0, 0.05) is 6.04 Å². The van der Waals surface area contributed by atoms with Gasteiger partial charge in [0.05, 0.1) is 11.9 Å². The Morgan fingerprint density at radius 1 is 1.44 bits per heavy atom. The molecule has 0 bridgehead atoms. The van der Waals surface area contributed by atoms with Crippen LogP contribution in [0.3, 0.4) is 0 Å². The molecule has 4 heteroatoms. The maximum atomic E-state index is 12.7. The summed E-state index contributed by atoms with van der Waals surface area (Å²) in [4.78, 5) is 4.05. The second-order valence-electron chi connectivity index (χ2n) is 3.78. The van der Waals surface area contributed by atoms with Gasteiger partial charge >= 0.3 is 0 Å². The van der Waals surface area contributed by atoms with Crippen LogP contribution in [0.5, 0.6) is 0 Å². The summed E-state index contributed by atoms with van der Waals surface area (Å²) in [5.41, 5.74) is 0.895. The minimum absolute atomic E-state index is 0.190. The topological polar surface area (TPSA) is 24.9 Å². The molecule has 16 heavy (non-hydrogen) atoms. The molecule has 0 fully saturated rings. The van der Waals surface area contributed by atoms with E-state index < -0.39 is 0 Å². The van der Waals surface area contributed by atoms with Crippen molar-refractivity contribution in [3.05, 3.63) is 29.8 Å². The van der Waals surface area contributed by atoms with Gasteiger partial charge in [0.1, 0.15) is 5.82 Å². The normalized spacial score (nSPS) is 12.7. The first kappa shape index (κ1) is 13.5. The third-order valence-corrected chi connectivity index (χ3v) is 3.12. The van der Waals surface area contributed by atoms with E-state index in [-0.39, 0.29) is 11.9 Å². The molecule has 1 heterocycles. The van der Waals surface area contributed by atoms with E-state index in [2.05, 4.69) is 23.5 Å². The summed E-state index contributed by atoms with van der Waals surface area (Å²) in [6.45, 7) is 3.04. The van der Waals surface area contributed by atoms with Crippen molar-refractivity contribution < 1.29 is 4.39 Å². The molecule has 0 saturated heterocycles. The first-order valence-corrected chi connectivity index (χ1v) is 6.97. The predicted molar refractivity (Wildman–Crippen MR) is 68.2 cm³/mol. The largest absolute Gasteiger partial charge is 0.309 e. The van der Waals surface area contributed by atoms with Crippen LogP contribution in [0.4, 0.5) is 4.39 Å². The Morgan fingerprint density at radius 2 is 2.25 bits per heavy atom. The van der Waals surface area contributed by atoms with E-state index >= 15 is 0 Å². The fourth-order valence-corrected chi connectivity index (χ4v) is 1.93. The second kappa shape index (κ2) is 7.63. The fourth-order valence-electron chi connectivity index (χ4n) is 1.44. The van der Waals surface area contributed by atoms with Crippen molar-refractivity contribution in [3.8, 4) is 0 Å². The van der Waals surface area contributed by atoms with Crippen molar-refractivity contribution in [1.82, 2.24) is 10.3 Å². The molecule has 0 radical (unpaired) electrons. The van der Waals surface area contributed by atoms with Crippen LogP contribution in [0.25, 0.3) is 0 Å². The molecule has 1 aromatic rings. The van der Waals surface area contributed by atoms with Crippen LogP contribution in [-0.4, -0.2) is 23.5 Å². The lowest BCUT2D eigenvalue weighted by molar-refractivity contribution is 0.540. The summed E-state index contributed by atoms with van der Waals surface area (Å²) in [5.74, 6) is 0.932. The molecule has 0 aliphatic heterocycles. The zero-order valence-electron chi connectivity index (χ0n) is 9.87. The minimum atomic E-state index is -0.282. The number of nitrogens with zero attached hydrogens (tertiary/aromatic N) is 1. The lowest BCUT2D eigenvalue weighted by atomic mass is 10.2. The van der Waals surface area contributed by atoms with Gasteiger partial charge in [-0.05, 0) is 50.5 Å². The van der Waals surface area contributed by atoms with Gasteiger partial charge in [0.15, 0.2) is 0 Å². The fraction of sp³-hybridized carbons (Fsp3) is 0.583. The Balaban J connectivity index is 2.24. The standard InChI is InChI=1S/C12H19FN2S/c1-10(14-7-3-4-8-16-2)12-6-5-11(13)9-15-12/h5-6,9-10,14H,3-4,7-8H2,1-2H3. The van der Waals surface area contributed by atoms with Gasteiger partial charge in [0.2, 0.25) is 0 Å². The van der Waals surface area contributed by atoms with E-state index in [1.165, 1.54) is 30.9 Å². The highest BCUT2D eigenvalue weighted by Gasteiger charge is 2.05. The Morgan fingerprint density at radius 3 is 2.88 bits per heavy atom. The first-order chi connectivity index (χ1) is 7.74. The highest BCUT2D eigenvalue weighted by molar-refractivity contribution is 7.98. The molecule has 0 saturated carbocycles. The summed E-state index contributed by atoms with van der Waals surface area (Å²) in [6.07, 6.45) is 5.80. The van der Waals surface area contributed by atoms with Crippen molar-refractivity contribution >= 4 is 11.8 Å². The molecule has 0 spiro atoms. The predicted octanol–water partition coefficient (Wildman–Crippen LogP) is 3.01. The van der Waals surface area contributed by atoms with Crippen LogP contribution in [0.1, 0.15) is 31.5 Å². The number of nitrogens with one attached hydrogen (secondary N) is 1. The molecule has 0 aliphatic rings. The van der Waals surface area contributed by atoms with Crippen molar-refractivity contribution in [2.75, 3.05) is 18.6 Å². The van der Waals surface area contributed by atoms with E-state index in [0.717, 1.165) is 12.2 Å². The van der Waals surface area contributed by atoms with Gasteiger partial charge in [-0.15, -0.1) is 0 Å². The molecule has 1 rings (SSSR count). The molecule has 90 valence electrons. The first-order valence-electron chi connectivity index (χ1n) is 5.58. The average Bonchev–Trinajstić information content (AvgIpc) is 2.29. The summed E-state index contributed by atoms with van der Waals surface area (Å²) in [6, 6.07) is 3.37. The number of halogens is 1. The molecular formula is C12H19FN2S. The molecule has 0 aliphatic carbocycles. The summed E-state index contributed by atoms with van der Waals surface area (Å²) in [5, 5.41) is 3.38. The van der Waals surface area contributed by atoms with Crippen LogP contribution < -0.4 is 5.32 Å². The van der Waals surface area contributed by atoms with Crippen molar-refractivity contribution in [3.63, 3.8) is 0 Å². The van der Waals surface area contributed by atoms with Gasteiger partial charge in [-0.25, -0.2) is 4.39 Å². The summed E-state index contributed by atoms with van der Waals surface area (Å²) < 4.78 is 12.7. The lowest BCUT2D eigenvalue weighted by Gasteiger charge is -2.12. The molecule has 0 amide bonds. The van der Waals surface area contributed by atoms with Gasteiger partial charge in [-0.3, -0.25) is 4.98 Å². The Labute approximate surface area is 101 Å². The highest BCUT2D eigenvalue weighted by atomic mass is 32.2. The van der Waals surface area contributed by atoms with Gasteiger partial charge in [0.25, 0.3) is 0 Å². The highest BCUT2D eigenvalue weighted by Crippen LogP contribution is 2.09. The monoisotopic (exact) mass is 242 g/mol. The molecule has 2 nitrogen and oxygen atoms in total. The minimum Gasteiger partial charge on any atom is -0.309 e. The second-order valence-corrected chi connectivity index (χ2v) is 4.76. The Hall–Kier alpha value is -0.610. The van der Waals surface area contributed by atoms with Crippen LogP contribution in [-0.2, 0) is 0 Å². The van der Waals surface area contributed by atoms with Gasteiger partial charge < -0.3 is 5.32 Å². The van der Waals surface area contributed by atoms with Crippen LogP contribution >= 0.6 is 11.8 Å².